The number of rotatable bonds is 6. The summed E-state index contributed by atoms with van der Waals surface area (Å²) in [5, 5.41) is 3.57. The van der Waals surface area contributed by atoms with E-state index >= 15 is 0 Å². The van der Waals surface area contributed by atoms with Crippen molar-refractivity contribution in [2.45, 2.75) is 20.8 Å². The maximum atomic E-state index is 14.0. The number of hydrogen-bond acceptors (Lipinski definition) is 7. The molecule has 1 aromatic heterocycles. The van der Waals surface area contributed by atoms with Crippen LogP contribution < -0.4 is 10.4 Å². The minimum atomic E-state index is -0.930. The zero-order chi connectivity index (χ0) is 29.1. The molecular formula is C32H26N2O7. The van der Waals surface area contributed by atoms with Crippen molar-refractivity contribution in [3.05, 3.63) is 120 Å². The molecule has 206 valence electrons. The molecule has 0 saturated carbocycles. The third kappa shape index (κ3) is 5.65. The molecule has 4 aromatic rings. The smallest absolute Gasteiger partial charge is 0.343 e. The monoisotopic (exact) mass is 550 g/mol. The van der Waals surface area contributed by atoms with Crippen LogP contribution in [0.15, 0.2) is 102 Å². The Labute approximate surface area is 235 Å². The van der Waals surface area contributed by atoms with Crippen LogP contribution in [0.5, 0.6) is 0 Å². The zero-order valence-corrected chi connectivity index (χ0v) is 22.5. The largest absolute Gasteiger partial charge is 0.459 e. The average molecular weight is 551 g/mol. The van der Waals surface area contributed by atoms with E-state index in [4.69, 9.17) is 14.0 Å². The van der Waals surface area contributed by atoms with E-state index in [0.29, 0.717) is 22.4 Å². The first-order valence-corrected chi connectivity index (χ1v) is 12.8. The van der Waals surface area contributed by atoms with Crippen LogP contribution in [0.1, 0.15) is 52.8 Å². The third-order valence-electron chi connectivity index (χ3n) is 6.14. The van der Waals surface area contributed by atoms with Crippen LogP contribution >= 0.6 is 0 Å². The molecule has 3 aromatic carbocycles. The molecule has 41 heavy (non-hydrogen) atoms. The number of benzene rings is 3. The normalized spacial score (nSPS) is 13.8. The van der Waals surface area contributed by atoms with Gasteiger partial charge in [-0.1, -0.05) is 48.5 Å². The SMILES string of the molecule is CC(C)(C)C(=O)ON1C(=O)/C(=C(\OC(=O)c2ccccc2)c2ccccc2)c2ccc(NC(=O)c3ccco3)cc21. The lowest BCUT2D eigenvalue weighted by atomic mass is 9.98. The van der Waals surface area contributed by atoms with Gasteiger partial charge >= 0.3 is 11.9 Å². The molecule has 0 spiro atoms. The molecule has 1 aliphatic heterocycles. The molecule has 9 nitrogen and oxygen atoms in total. The Bertz CT molecular complexity index is 1650. The first-order chi connectivity index (χ1) is 19.6. The second kappa shape index (κ2) is 11.0. The predicted octanol–water partition coefficient (Wildman–Crippen LogP) is 6.11. The van der Waals surface area contributed by atoms with Crippen LogP contribution in [0.2, 0.25) is 0 Å². The van der Waals surface area contributed by atoms with Crippen molar-refractivity contribution >= 4 is 46.5 Å². The van der Waals surface area contributed by atoms with Crippen LogP contribution in [0.4, 0.5) is 11.4 Å². The van der Waals surface area contributed by atoms with Gasteiger partial charge in [0.15, 0.2) is 11.5 Å². The van der Waals surface area contributed by atoms with E-state index in [0.717, 1.165) is 5.06 Å². The summed E-state index contributed by atoms with van der Waals surface area (Å²) in [7, 11) is 0. The quantitative estimate of drug-likeness (QED) is 0.175. The van der Waals surface area contributed by atoms with Crippen molar-refractivity contribution < 1.29 is 33.2 Å². The number of fused-ring (bicyclic) bond motifs is 1. The molecule has 0 atom stereocenters. The Morgan fingerprint density at radius 2 is 1.49 bits per heavy atom. The van der Waals surface area contributed by atoms with E-state index < -0.39 is 29.2 Å². The van der Waals surface area contributed by atoms with Crippen LogP contribution in [0.3, 0.4) is 0 Å². The molecule has 0 aliphatic carbocycles. The minimum absolute atomic E-state index is 0.00705. The van der Waals surface area contributed by atoms with Gasteiger partial charge < -0.3 is 19.3 Å². The molecule has 0 saturated heterocycles. The van der Waals surface area contributed by atoms with E-state index in [1.54, 1.807) is 99.6 Å². The van der Waals surface area contributed by atoms with Crippen molar-refractivity contribution in [1.29, 1.82) is 0 Å². The second-order valence-electron chi connectivity index (χ2n) is 10.2. The summed E-state index contributed by atoms with van der Waals surface area (Å²) in [5.74, 6) is -2.46. The summed E-state index contributed by atoms with van der Waals surface area (Å²) in [5.41, 5.74) is 0.681. The molecule has 0 unspecified atom stereocenters. The summed E-state index contributed by atoms with van der Waals surface area (Å²) in [6.07, 6.45) is 1.38. The predicted molar refractivity (Wildman–Crippen MR) is 151 cm³/mol. The molecule has 1 aliphatic rings. The van der Waals surface area contributed by atoms with Crippen molar-refractivity contribution in [3.8, 4) is 0 Å². The van der Waals surface area contributed by atoms with Crippen LogP contribution in [0.25, 0.3) is 11.3 Å². The minimum Gasteiger partial charge on any atom is -0.459 e. The summed E-state index contributed by atoms with van der Waals surface area (Å²) >= 11 is 0. The summed E-state index contributed by atoms with van der Waals surface area (Å²) < 4.78 is 11.0. The van der Waals surface area contributed by atoms with Gasteiger partial charge in [-0.2, -0.15) is 0 Å². The number of nitrogens with one attached hydrogen (secondary N) is 1. The molecule has 5 rings (SSSR count). The Hall–Kier alpha value is -5.44. The van der Waals surface area contributed by atoms with Crippen LogP contribution in [0, 0.1) is 5.41 Å². The molecule has 2 amide bonds. The van der Waals surface area contributed by atoms with E-state index in [1.165, 1.54) is 18.4 Å². The van der Waals surface area contributed by atoms with Gasteiger partial charge in [-0.3, -0.25) is 9.59 Å². The standard InChI is InChI=1S/C32H26N2O7/c1-32(2,3)31(38)41-34-24-19-22(33-28(35)25-15-10-18-39-25)16-17-23(24)26(29(34)36)27(20-11-6-4-7-12-20)40-30(37)21-13-8-5-9-14-21/h4-19H,1-3H3,(H,33,35)/b27-26-. The molecular weight excluding hydrogens is 524 g/mol. The molecule has 9 heteroatoms. The number of ether oxygens (including phenoxy) is 1. The van der Waals surface area contributed by atoms with E-state index in [-0.39, 0.29) is 22.8 Å². The number of hydrogen-bond donors (Lipinski definition) is 1. The average Bonchev–Trinajstić information content (AvgIpc) is 3.59. The van der Waals surface area contributed by atoms with Crippen LogP contribution in [-0.4, -0.2) is 23.8 Å². The highest BCUT2D eigenvalue weighted by atomic mass is 16.7. The first-order valence-electron chi connectivity index (χ1n) is 12.8. The molecule has 2 heterocycles. The fourth-order valence-electron chi connectivity index (χ4n) is 4.02. The van der Waals surface area contributed by atoms with Crippen molar-refractivity contribution in [2.75, 3.05) is 10.4 Å². The maximum absolute atomic E-state index is 14.0. The Morgan fingerprint density at radius 1 is 0.829 bits per heavy atom. The van der Waals surface area contributed by atoms with E-state index in [9.17, 15) is 19.2 Å². The first kappa shape index (κ1) is 27.1. The zero-order valence-electron chi connectivity index (χ0n) is 22.5. The fraction of sp³-hybridized carbons (Fsp3) is 0.125. The lowest BCUT2D eigenvalue weighted by Gasteiger charge is -2.22. The van der Waals surface area contributed by atoms with Gasteiger partial charge in [0.25, 0.3) is 11.8 Å². The van der Waals surface area contributed by atoms with Crippen molar-refractivity contribution in [1.82, 2.24) is 0 Å². The lowest BCUT2D eigenvalue weighted by Crippen LogP contribution is -2.35. The summed E-state index contributed by atoms with van der Waals surface area (Å²) in [4.78, 5) is 58.2. The topological polar surface area (TPSA) is 115 Å². The Balaban J connectivity index is 1.64. The Kier molecular flexibility index (Phi) is 7.26. The highest BCUT2D eigenvalue weighted by Gasteiger charge is 2.41. The highest BCUT2D eigenvalue weighted by molar-refractivity contribution is 6.37. The Morgan fingerprint density at radius 3 is 2.10 bits per heavy atom. The van der Waals surface area contributed by atoms with Gasteiger partial charge in [0, 0.05) is 16.8 Å². The fourth-order valence-corrected chi connectivity index (χ4v) is 4.02. The van der Waals surface area contributed by atoms with Crippen LogP contribution in [-0.2, 0) is 19.2 Å². The molecule has 0 bridgehead atoms. The number of carbonyl (C=O) groups is 4. The summed E-state index contributed by atoms with van der Waals surface area (Å²) in [6, 6.07) is 24.8. The number of nitrogens with zero attached hydrogens (tertiary/aromatic N) is 1. The number of furan rings is 1. The molecule has 1 N–H and O–H groups in total. The number of carbonyl (C=O) groups excluding carboxylic acids is 4. The highest BCUT2D eigenvalue weighted by Crippen LogP contribution is 2.43. The third-order valence-corrected chi connectivity index (χ3v) is 6.14. The number of amides is 2. The van der Waals surface area contributed by atoms with E-state index in [1.807, 2.05) is 0 Å². The van der Waals surface area contributed by atoms with Gasteiger partial charge in [-0.25, -0.2) is 9.59 Å². The van der Waals surface area contributed by atoms with Gasteiger partial charge in [-0.05, 0) is 63.2 Å². The lowest BCUT2D eigenvalue weighted by molar-refractivity contribution is -0.157. The van der Waals surface area contributed by atoms with Gasteiger partial charge in [0.05, 0.1) is 28.5 Å². The maximum Gasteiger partial charge on any atom is 0.343 e. The van der Waals surface area contributed by atoms with Gasteiger partial charge in [0.2, 0.25) is 0 Å². The number of hydroxylamine groups is 1. The van der Waals surface area contributed by atoms with Gasteiger partial charge in [-0.15, -0.1) is 5.06 Å². The number of esters is 1. The number of anilines is 2. The van der Waals surface area contributed by atoms with Crippen molar-refractivity contribution in [3.63, 3.8) is 0 Å². The summed E-state index contributed by atoms with van der Waals surface area (Å²) in [6.45, 7) is 4.97. The van der Waals surface area contributed by atoms with E-state index in [2.05, 4.69) is 5.32 Å². The molecule has 0 radical (unpaired) electrons. The van der Waals surface area contributed by atoms with Gasteiger partial charge in [0.1, 0.15) is 0 Å². The van der Waals surface area contributed by atoms with Crippen molar-refractivity contribution in [2.24, 2.45) is 5.41 Å². The molecule has 0 fully saturated rings. The second-order valence-corrected chi connectivity index (χ2v) is 10.2.